The average Bonchev–Trinajstić information content (AvgIpc) is 2.48. The number of hydrogen-bond acceptors (Lipinski definition) is 1. The first-order chi connectivity index (χ1) is 10.7. The standard InChI is InChI=1S/C21H44O/c1-5-7-9-10-11-12-13-14-15-16-17-21(19-20(3)4)22-18-8-6-2/h20-21H,5-19H2,1-4H3. The van der Waals surface area contributed by atoms with Crippen LogP contribution in [0.4, 0.5) is 0 Å². The van der Waals surface area contributed by atoms with Gasteiger partial charge in [-0.1, -0.05) is 98.3 Å². The minimum atomic E-state index is 0.514. The molecule has 0 N–H and O–H groups in total. The summed E-state index contributed by atoms with van der Waals surface area (Å²) in [7, 11) is 0. The molecule has 0 amide bonds. The largest absolute Gasteiger partial charge is 0.378 e. The molecule has 0 aliphatic heterocycles. The number of hydrogen-bond donors (Lipinski definition) is 0. The van der Waals surface area contributed by atoms with Gasteiger partial charge in [0, 0.05) is 6.61 Å². The van der Waals surface area contributed by atoms with Crippen LogP contribution in [0.5, 0.6) is 0 Å². The Labute approximate surface area is 141 Å². The molecule has 1 nitrogen and oxygen atoms in total. The third-order valence-electron chi connectivity index (χ3n) is 4.47. The fourth-order valence-corrected chi connectivity index (χ4v) is 3.05. The Bertz CT molecular complexity index is 200. The monoisotopic (exact) mass is 312 g/mol. The van der Waals surface area contributed by atoms with Gasteiger partial charge in [-0.2, -0.15) is 0 Å². The zero-order valence-electron chi connectivity index (χ0n) is 16.2. The molecule has 0 bridgehead atoms. The van der Waals surface area contributed by atoms with Crippen LogP contribution < -0.4 is 0 Å². The van der Waals surface area contributed by atoms with Crippen molar-refractivity contribution in [2.45, 2.75) is 124 Å². The number of rotatable bonds is 17. The van der Waals surface area contributed by atoms with Crippen LogP contribution in [0.3, 0.4) is 0 Å². The highest BCUT2D eigenvalue weighted by Crippen LogP contribution is 2.17. The highest BCUT2D eigenvalue weighted by atomic mass is 16.5. The van der Waals surface area contributed by atoms with Gasteiger partial charge in [0.05, 0.1) is 6.10 Å². The number of ether oxygens (including phenoxy) is 1. The van der Waals surface area contributed by atoms with Crippen LogP contribution in [0.2, 0.25) is 0 Å². The summed E-state index contributed by atoms with van der Waals surface area (Å²) in [6.07, 6.45) is 19.7. The average molecular weight is 313 g/mol. The van der Waals surface area contributed by atoms with E-state index in [4.69, 9.17) is 4.74 Å². The molecule has 1 heteroatoms. The van der Waals surface area contributed by atoms with Gasteiger partial charge in [-0.25, -0.2) is 0 Å². The molecular formula is C21H44O. The van der Waals surface area contributed by atoms with E-state index in [-0.39, 0.29) is 0 Å². The summed E-state index contributed by atoms with van der Waals surface area (Å²) in [5, 5.41) is 0. The van der Waals surface area contributed by atoms with Gasteiger partial charge in [0.15, 0.2) is 0 Å². The van der Waals surface area contributed by atoms with Gasteiger partial charge in [-0.05, 0) is 25.2 Å². The van der Waals surface area contributed by atoms with Gasteiger partial charge in [-0.3, -0.25) is 0 Å². The van der Waals surface area contributed by atoms with Gasteiger partial charge in [-0.15, -0.1) is 0 Å². The minimum absolute atomic E-state index is 0.514. The summed E-state index contributed by atoms with van der Waals surface area (Å²) in [6, 6.07) is 0. The van der Waals surface area contributed by atoms with Crippen molar-refractivity contribution in [2.24, 2.45) is 5.92 Å². The van der Waals surface area contributed by atoms with Crippen molar-refractivity contribution in [3.8, 4) is 0 Å². The highest BCUT2D eigenvalue weighted by Gasteiger charge is 2.10. The fourth-order valence-electron chi connectivity index (χ4n) is 3.05. The molecule has 1 atom stereocenters. The van der Waals surface area contributed by atoms with Crippen molar-refractivity contribution in [2.75, 3.05) is 6.61 Å². The lowest BCUT2D eigenvalue weighted by Gasteiger charge is -2.19. The molecule has 0 aliphatic carbocycles. The van der Waals surface area contributed by atoms with Crippen molar-refractivity contribution < 1.29 is 4.74 Å². The molecule has 0 radical (unpaired) electrons. The quantitative estimate of drug-likeness (QED) is 0.252. The van der Waals surface area contributed by atoms with E-state index in [1.807, 2.05) is 0 Å². The first-order valence-electron chi connectivity index (χ1n) is 10.3. The van der Waals surface area contributed by atoms with Crippen molar-refractivity contribution in [3.05, 3.63) is 0 Å². The van der Waals surface area contributed by atoms with Crippen molar-refractivity contribution in [1.82, 2.24) is 0 Å². The third-order valence-corrected chi connectivity index (χ3v) is 4.47. The van der Waals surface area contributed by atoms with Gasteiger partial charge >= 0.3 is 0 Å². The fraction of sp³-hybridized carbons (Fsp3) is 1.00. The normalized spacial score (nSPS) is 13.0. The highest BCUT2D eigenvalue weighted by molar-refractivity contribution is 4.62. The Morgan fingerprint density at radius 3 is 1.64 bits per heavy atom. The molecule has 0 rings (SSSR count). The molecule has 0 aromatic rings. The molecule has 0 saturated heterocycles. The Kier molecular flexibility index (Phi) is 17.3. The second kappa shape index (κ2) is 17.3. The maximum Gasteiger partial charge on any atom is 0.0577 e. The van der Waals surface area contributed by atoms with Crippen LogP contribution in [-0.4, -0.2) is 12.7 Å². The second-order valence-corrected chi connectivity index (χ2v) is 7.45. The molecule has 0 fully saturated rings. The van der Waals surface area contributed by atoms with E-state index in [1.54, 1.807) is 0 Å². The lowest BCUT2D eigenvalue weighted by molar-refractivity contribution is 0.0302. The van der Waals surface area contributed by atoms with Gasteiger partial charge < -0.3 is 4.74 Å². The van der Waals surface area contributed by atoms with Gasteiger partial charge in [0.1, 0.15) is 0 Å². The zero-order valence-corrected chi connectivity index (χ0v) is 16.2. The molecular weight excluding hydrogens is 268 g/mol. The molecule has 1 unspecified atom stereocenters. The van der Waals surface area contributed by atoms with E-state index in [2.05, 4.69) is 27.7 Å². The van der Waals surface area contributed by atoms with E-state index in [1.165, 1.54) is 89.9 Å². The third kappa shape index (κ3) is 16.3. The van der Waals surface area contributed by atoms with Crippen LogP contribution in [0.1, 0.15) is 118 Å². The Morgan fingerprint density at radius 2 is 1.14 bits per heavy atom. The van der Waals surface area contributed by atoms with E-state index in [0.29, 0.717) is 6.10 Å². The van der Waals surface area contributed by atoms with E-state index in [0.717, 1.165) is 12.5 Å². The smallest absolute Gasteiger partial charge is 0.0577 e. The molecule has 0 aromatic carbocycles. The van der Waals surface area contributed by atoms with Crippen LogP contribution in [0.25, 0.3) is 0 Å². The molecule has 134 valence electrons. The van der Waals surface area contributed by atoms with Gasteiger partial charge in [0.2, 0.25) is 0 Å². The SMILES string of the molecule is CCCCCCCCCCCCC(CC(C)C)OCCCC. The Morgan fingerprint density at radius 1 is 0.636 bits per heavy atom. The first kappa shape index (κ1) is 22.0. The van der Waals surface area contributed by atoms with Crippen LogP contribution in [0, 0.1) is 5.92 Å². The lowest BCUT2D eigenvalue weighted by atomic mass is 9.99. The summed E-state index contributed by atoms with van der Waals surface area (Å²) in [4.78, 5) is 0. The summed E-state index contributed by atoms with van der Waals surface area (Å²) >= 11 is 0. The molecule has 0 spiro atoms. The summed E-state index contributed by atoms with van der Waals surface area (Å²) in [6.45, 7) is 10.1. The molecule has 0 saturated carbocycles. The molecule has 0 aliphatic rings. The molecule has 22 heavy (non-hydrogen) atoms. The molecule has 0 aromatic heterocycles. The lowest BCUT2D eigenvalue weighted by Crippen LogP contribution is -2.16. The molecule has 0 heterocycles. The van der Waals surface area contributed by atoms with Gasteiger partial charge in [0.25, 0.3) is 0 Å². The summed E-state index contributed by atoms with van der Waals surface area (Å²) < 4.78 is 6.08. The minimum Gasteiger partial charge on any atom is -0.378 e. The maximum atomic E-state index is 6.08. The van der Waals surface area contributed by atoms with Crippen LogP contribution in [-0.2, 0) is 4.74 Å². The predicted octanol–water partition coefficient (Wildman–Crippen LogP) is 7.53. The predicted molar refractivity (Wildman–Crippen MR) is 101 cm³/mol. The van der Waals surface area contributed by atoms with Crippen molar-refractivity contribution in [3.63, 3.8) is 0 Å². The summed E-state index contributed by atoms with van der Waals surface area (Å²) in [5.74, 6) is 0.759. The van der Waals surface area contributed by atoms with E-state index in [9.17, 15) is 0 Å². The summed E-state index contributed by atoms with van der Waals surface area (Å²) in [5.41, 5.74) is 0. The second-order valence-electron chi connectivity index (χ2n) is 7.45. The zero-order chi connectivity index (χ0) is 16.5. The van der Waals surface area contributed by atoms with Crippen molar-refractivity contribution in [1.29, 1.82) is 0 Å². The Balaban J connectivity index is 3.46. The topological polar surface area (TPSA) is 9.23 Å². The van der Waals surface area contributed by atoms with Crippen LogP contribution >= 0.6 is 0 Å². The number of unbranched alkanes of at least 4 members (excludes halogenated alkanes) is 10. The van der Waals surface area contributed by atoms with E-state index < -0.39 is 0 Å². The van der Waals surface area contributed by atoms with E-state index >= 15 is 0 Å². The van der Waals surface area contributed by atoms with Crippen LogP contribution in [0.15, 0.2) is 0 Å². The maximum absolute atomic E-state index is 6.08. The van der Waals surface area contributed by atoms with Crippen molar-refractivity contribution >= 4 is 0 Å². The first-order valence-corrected chi connectivity index (χ1v) is 10.3. The Hall–Kier alpha value is -0.0400.